The molecule has 0 N–H and O–H groups in total. The molecule has 0 aromatic carbocycles. The van der Waals surface area contributed by atoms with Gasteiger partial charge in [0, 0.05) is 0 Å². The van der Waals surface area contributed by atoms with Crippen molar-refractivity contribution in [2.75, 3.05) is 26.4 Å². The molecule has 2 aliphatic rings. The summed E-state index contributed by atoms with van der Waals surface area (Å²) in [6.07, 6.45) is 6.20. The van der Waals surface area contributed by atoms with E-state index >= 15 is 0 Å². The van der Waals surface area contributed by atoms with Gasteiger partial charge in [-0.1, -0.05) is 24.3 Å². The SMILES string of the molecule is CCOC(=O)c1c2nc(c(C(=O)OCC)c3ccc([n-]3)c(C(=O)OCC)c3nc(c(C(=O)OCC)c4ccc1[n-]4)C=C3)C=C2.[Zn+2]. The molecule has 45 heavy (non-hydrogen) atoms. The Kier molecular flexibility index (Phi) is 10.5. The molecule has 0 spiro atoms. The Morgan fingerprint density at radius 1 is 0.489 bits per heavy atom. The number of aromatic nitrogens is 4. The van der Waals surface area contributed by atoms with E-state index in [0.29, 0.717) is 0 Å². The molecular formula is C32H28N4O8Zn. The zero-order valence-electron chi connectivity index (χ0n) is 25.2. The third-order valence-electron chi connectivity index (χ3n) is 6.53. The number of hydrogen-bond acceptors (Lipinski definition) is 10. The van der Waals surface area contributed by atoms with Gasteiger partial charge >= 0.3 is 43.4 Å². The van der Waals surface area contributed by atoms with Crippen LogP contribution in [0, 0.1) is 0 Å². The number of esters is 4. The Morgan fingerprint density at radius 2 is 0.711 bits per heavy atom. The summed E-state index contributed by atoms with van der Waals surface area (Å²) in [4.78, 5) is 71.3. The number of fused-ring (bicyclic) bond motifs is 8. The monoisotopic (exact) mass is 660 g/mol. The Labute approximate surface area is 270 Å². The van der Waals surface area contributed by atoms with Gasteiger partial charge in [0.15, 0.2) is 0 Å². The minimum absolute atomic E-state index is 0. The first kappa shape index (κ1) is 33.0. The minimum atomic E-state index is -0.700. The average molecular weight is 662 g/mol. The fraction of sp³-hybridized carbons (Fsp3) is 0.250. The molecule has 8 bridgehead atoms. The van der Waals surface area contributed by atoms with Crippen LogP contribution in [0.3, 0.4) is 0 Å². The molecule has 0 atom stereocenters. The molecule has 0 saturated heterocycles. The number of carbonyl (C=O) groups excluding carboxylic acids is 4. The van der Waals surface area contributed by atoms with Crippen molar-refractivity contribution in [3.05, 3.63) is 69.3 Å². The van der Waals surface area contributed by atoms with E-state index < -0.39 is 23.9 Å². The molecular weight excluding hydrogens is 634 g/mol. The first-order chi connectivity index (χ1) is 21.3. The number of rotatable bonds is 8. The van der Waals surface area contributed by atoms with Gasteiger partial charge in [-0.25, -0.2) is 29.1 Å². The molecule has 2 aliphatic heterocycles. The molecule has 0 saturated carbocycles. The van der Waals surface area contributed by atoms with Crippen LogP contribution in [-0.4, -0.2) is 60.3 Å². The molecule has 0 aliphatic carbocycles. The van der Waals surface area contributed by atoms with Gasteiger partial charge < -0.3 is 28.9 Å². The summed E-state index contributed by atoms with van der Waals surface area (Å²) in [6, 6.07) is 6.20. The fourth-order valence-electron chi connectivity index (χ4n) is 4.74. The third-order valence-corrected chi connectivity index (χ3v) is 6.53. The molecule has 13 heteroatoms. The van der Waals surface area contributed by atoms with Gasteiger partial charge in [0.05, 0.1) is 71.5 Å². The molecule has 5 heterocycles. The van der Waals surface area contributed by atoms with Gasteiger partial charge in [-0.3, -0.25) is 0 Å². The van der Waals surface area contributed by atoms with Gasteiger partial charge in [0.2, 0.25) is 0 Å². The smallest absolute Gasteiger partial charge is 0.656 e. The van der Waals surface area contributed by atoms with Crippen molar-refractivity contribution >= 4 is 70.2 Å². The van der Waals surface area contributed by atoms with Crippen molar-refractivity contribution in [3.63, 3.8) is 0 Å². The van der Waals surface area contributed by atoms with Crippen LogP contribution in [0.2, 0.25) is 0 Å². The minimum Gasteiger partial charge on any atom is -0.656 e. The second-order valence-corrected chi connectivity index (χ2v) is 9.24. The summed E-state index contributed by atoms with van der Waals surface area (Å²) in [7, 11) is 0. The number of hydrogen-bond donors (Lipinski definition) is 0. The predicted molar refractivity (Wildman–Crippen MR) is 161 cm³/mol. The molecule has 226 valence electrons. The summed E-state index contributed by atoms with van der Waals surface area (Å²) in [6.45, 7) is 7.01. The number of nitrogens with zero attached hydrogens (tertiary/aromatic N) is 4. The summed E-state index contributed by atoms with van der Waals surface area (Å²) in [5.74, 6) is -2.80. The molecule has 0 radical (unpaired) electrons. The van der Waals surface area contributed by atoms with E-state index in [1.807, 2.05) is 0 Å². The van der Waals surface area contributed by atoms with Gasteiger partial charge in [0.25, 0.3) is 0 Å². The molecule has 12 nitrogen and oxygen atoms in total. The van der Waals surface area contributed by atoms with E-state index in [1.165, 1.54) is 0 Å². The maximum Gasteiger partial charge on any atom is 2.00 e. The molecule has 5 rings (SSSR count). The fourth-order valence-corrected chi connectivity index (χ4v) is 4.74. The molecule has 0 amide bonds. The Morgan fingerprint density at radius 3 is 0.911 bits per heavy atom. The van der Waals surface area contributed by atoms with Crippen LogP contribution in [0.5, 0.6) is 0 Å². The summed E-state index contributed by atoms with van der Waals surface area (Å²) in [5.41, 5.74) is 1.49. The van der Waals surface area contributed by atoms with Crippen LogP contribution in [0.1, 0.15) is 91.9 Å². The maximum absolute atomic E-state index is 13.2. The Bertz CT molecular complexity index is 1640. The van der Waals surface area contributed by atoms with Gasteiger partial charge in [-0.2, -0.15) is 0 Å². The van der Waals surface area contributed by atoms with Crippen molar-refractivity contribution in [1.29, 1.82) is 0 Å². The Hall–Kier alpha value is -4.90. The van der Waals surface area contributed by atoms with Gasteiger partial charge in [-0.15, -0.1) is 22.1 Å². The topological polar surface area (TPSA) is 159 Å². The number of ether oxygens (including phenoxy) is 4. The van der Waals surface area contributed by atoms with E-state index in [2.05, 4.69) is 19.9 Å². The van der Waals surface area contributed by atoms with Crippen molar-refractivity contribution in [3.8, 4) is 0 Å². The second kappa shape index (κ2) is 14.3. The quantitative estimate of drug-likeness (QED) is 0.129. The van der Waals surface area contributed by atoms with Crippen LogP contribution in [0.4, 0.5) is 0 Å². The maximum atomic E-state index is 13.2. The number of carbonyl (C=O) groups is 4. The van der Waals surface area contributed by atoms with Gasteiger partial charge in [0.1, 0.15) is 0 Å². The van der Waals surface area contributed by atoms with Crippen molar-refractivity contribution < 1.29 is 57.6 Å². The van der Waals surface area contributed by atoms with Crippen LogP contribution >= 0.6 is 0 Å². The zero-order chi connectivity index (χ0) is 31.4. The van der Waals surface area contributed by atoms with Crippen molar-refractivity contribution in [2.24, 2.45) is 0 Å². The first-order valence-corrected chi connectivity index (χ1v) is 14.0. The molecule has 0 unspecified atom stereocenters. The standard InChI is InChI=1S/C32H29N4O8.Zn/c1-5-41-29(37)25-17-9-11-19(33-17)26(30(38)42-6-2)21-13-15-23(35-21)28(32(40)44-8-4)24-16-14-22(36-24)27(31(39)43-7-3)20-12-10-18(25)34-20;/h9-16H,5-8H2,1-4H3,(H-,33,34,35,36,37,38,39,40);/q-1;+2/p-1. The largest absolute Gasteiger partial charge is 2.00 e. The summed E-state index contributed by atoms with van der Waals surface area (Å²) in [5, 5.41) is 0. The van der Waals surface area contributed by atoms with Crippen molar-refractivity contribution in [2.45, 2.75) is 27.7 Å². The normalized spacial score (nSPS) is 11.5. The summed E-state index contributed by atoms with van der Waals surface area (Å²) < 4.78 is 21.3. The van der Waals surface area contributed by atoms with Crippen LogP contribution in [0.15, 0.2) is 24.3 Å². The average Bonchev–Trinajstić information content (AvgIpc) is 3.80. The third kappa shape index (κ3) is 6.49. The zero-order valence-corrected chi connectivity index (χ0v) is 28.2. The van der Waals surface area contributed by atoms with E-state index in [1.54, 1.807) is 76.3 Å². The van der Waals surface area contributed by atoms with Crippen LogP contribution in [-0.2, 0) is 38.4 Å². The first-order valence-electron chi connectivity index (χ1n) is 14.0. The predicted octanol–water partition coefficient (Wildman–Crippen LogP) is 4.62. The van der Waals surface area contributed by atoms with Crippen molar-refractivity contribution in [1.82, 2.24) is 19.9 Å². The molecule has 3 aromatic heterocycles. The molecule has 0 fully saturated rings. The summed E-state index contributed by atoms with van der Waals surface area (Å²) >= 11 is 0. The van der Waals surface area contributed by atoms with E-state index in [-0.39, 0.29) is 113 Å². The second-order valence-electron chi connectivity index (χ2n) is 9.24. The van der Waals surface area contributed by atoms with Crippen LogP contribution in [0.25, 0.3) is 46.4 Å². The Balaban J connectivity index is 0.00000461. The molecule has 3 aromatic rings. The van der Waals surface area contributed by atoms with E-state index in [9.17, 15) is 19.2 Å². The van der Waals surface area contributed by atoms with Crippen LogP contribution < -0.4 is 9.97 Å². The van der Waals surface area contributed by atoms with E-state index in [4.69, 9.17) is 18.9 Å². The van der Waals surface area contributed by atoms with Gasteiger partial charge in [-0.05, 0) is 52.0 Å². The van der Waals surface area contributed by atoms with E-state index in [0.717, 1.165) is 0 Å².